The van der Waals surface area contributed by atoms with Crippen molar-refractivity contribution in [2.24, 2.45) is 5.92 Å². The molecule has 1 heterocycles. The largest absolute Gasteiger partial charge is 0.393 e. The normalized spacial score (nSPS) is 11.1. The smallest absolute Gasteiger partial charge is 0.331 e. The summed E-state index contributed by atoms with van der Waals surface area (Å²) in [6.45, 7) is 6.95. The van der Waals surface area contributed by atoms with Crippen molar-refractivity contribution in [2.75, 3.05) is 5.73 Å². The van der Waals surface area contributed by atoms with Gasteiger partial charge in [0.1, 0.15) is 5.69 Å². The molecule has 0 aliphatic heterocycles. The van der Waals surface area contributed by atoms with Crippen LogP contribution in [0.4, 0.5) is 5.69 Å². The highest BCUT2D eigenvalue weighted by atomic mass is 16.2. The van der Waals surface area contributed by atoms with Crippen LogP contribution in [0.1, 0.15) is 33.6 Å². The zero-order chi connectivity index (χ0) is 13.0. The molecule has 0 atom stereocenters. The summed E-state index contributed by atoms with van der Waals surface area (Å²) >= 11 is 0. The quantitative estimate of drug-likeness (QED) is 0.835. The summed E-state index contributed by atoms with van der Waals surface area (Å²) in [5, 5.41) is 0. The highest BCUT2D eigenvalue weighted by Gasteiger charge is 2.12. The first-order valence-electron chi connectivity index (χ1n) is 6.14. The molecule has 96 valence electrons. The number of nitrogens with two attached hydrogens (primary N) is 1. The number of hydrogen-bond acceptors (Lipinski definition) is 3. The molecule has 0 unspecified atom stereocenters. The molecule has 1 rings (SSSR count). The average Bonchev–Trinajstić information content (AvgIpc) is 2.34. The number of hydrogen-bond donors (Lipinski definition) is 1. The first kappa shape index (κ1) is 13.5. The van der Waals surface area contributed by atoms with E-state index in [0.29, 0.717) is 19.0 Å². The van der Waals surface area contributed by atoms with E-state index in [9.17, 15) is 9.59 Å². The van der Waals surface area contributed by atoms with Crippen LogP contribution in [0.15, 0.2) is 15.8 Å². The standard InChI is InChI=1S/C12H21N3O2/c1-4-9(5-2)7-15-11(16)10(13)8-14(6-3)12(15)17/h8-9H,4-7,13H2,1-3H3. The monoisotopic (exact) mass is 239 g/mol. The topological polar surface area (TPSA) is 70.0 Å². The maximum absolute atomic E-state index is 12.0. The van der Waals surface area contributed by atoms with Gasteiger partial charge in [-0.3, -0.25) is 13.9 Å². The second-order valence-electron chi connectivity index (χ2n) is 4.25. The van der Waals surface area contributed by atoms with Gasteiger partial charge in [-0.2, -0.15) is 0 Å². The van der Waals surface area contributed by atoms with Crippen LogP contribution in [0.2, 0.25) is 0 Å². The highest BCUT2D eigenvalue weighted by molar-refractivity contribution is 5.30. The van der Waals surface area contributed by atoms with Crippen molar-refractivity contribution in [1.29, 1.82) is 0 Å². The molecule has 0 aliphatic rings. The van der Waals surface area contributed by atoms with Crippen LogP contribution >= 0.6 is 0 Å². The molecule has 0 radical (unpaired) electrons. The molecule has 1 aromatic heterocycles. The molecule has 0 aromatic carbocycles. The van der Waals surface area contributed by atoms with Crippen molar-refractivity contribution in [1.82, 2.24) is 9.13 Å². The fourth-order valence-corrected chi connectivity index (χ4v) is 1.87. The SMILES string of the molecule is CCC(CC)Cn1c(=O)c(N)cn(CC)c1=O. The number of aryl methyl sites for hydroxylation is 1. The van der Waals surface area contributed by atoms with Gasteiger partial charge in [0.2, 0.25) is 0 Å². The Morgan fingerprint density at radius 3 is 2.29 bits per heavy atom. The summed E-state index contributed by atoms with van der Waals surface area (Å²) in [6, 6.07) is 0. The molecule has 0 spiro atoms. The van der Waals surface area contributed by atoms with Gasteiger partial charge in [0.05, 0.1) is 0 Å². The van der Waals surface area contributed by atoms with Gasteiger partial charge in [-0.05, 0) is 12.8 Å². The van der Waals surface area contributed by atoms with E-state index < -0.39 is 0 Å². The lowest BCUT2D eigenvalue weighted by atomic mass is 10.0. The molecule has 0 aliphatic carbocycles. The van der Waals surface area contributed by atoms with Gasteiger partial charge in [0.15, 0.2) is 0 Å². The lowest BCUT2D eigenvalue weighted by Crippen LogP contribution is -2.41. The van der Waals surface area contributed by atoms with Crippen molar-refractivity contribution in [3.8, 4) is 0 Å². The van der Waals surface area contributed by atoms with E-state index in [4.69, 9.17) is 5.73 Å². The maximum atomic E-state index is 12.0. The van der Waals surface area contributed by atoms with Gasteiger partial charge < -0.3 is 5.73 Å². The van der Waals surface area contributed by atoms with Crippen LogP contribution in [0.5, 0.6) is 0 Å². The number of aromatic nitrogens is 2. The number of anilines is 1. The van der Waals surface area contributed by atoms with E-state index in [1.165, 1.54) is 15.3 Å². The number of nitrogens with zero attached hydrogens (tertiary/aromatic N) is 2. The third kappa shape index (κ3) is 2.78. The Morgan fingerprint density at radius 2 is 1.82 bits per heavy atom. The fourth-order valence-electron chi connectivity index (χ4n) is 1.87. The van der Waals surface area contributed by atoms with E-state index in [1.54, 1.807) is 0 Å². The molecule has 0 bridgehead atoms. The van der Waals surface area contributed by atoms with E-state index in [1.807, 2.05) is 6.92 Å². The Kier molecular flexibility index (Phi) is 4.54. The molecular formula is C12H21N3O2. The van der Waals surface area contributed by atoms with Crippen LogP contribution in [0, 0.1) is 5.92 Å². The predicted molar refractivity (Wildman–Crippen MR) is 69.1 cm³/mol. The first-order valence-corrected chi connectivity index (χ1v) is 6.14. The van der Waals surface area contributed by atoms with Crippen LogP contribution in [-0.2, 0) is 13.1 Å². The summed E-state index contributed by atoms with van der Waals surface area (Å²) < 4.78 is 2.73. The van der Waals surface area contributed by atoms with Gasteiger partial charge in [-0.15, -0.1) is 0 Å². The van der Waals surface area contributed by atoms with E-state index in [-0.39, 0.29) is 16.9 Å². The Bertz CT molecular complexity index is 484. The van der Waals surface area contributed by atoms with Gasteiger partial charge in [0.25, 0.3) is 5.56 Å². The molecule has 5 heteroatoms. The van der Waals surface area contributed by atoms with Crippen LogP contribution in [0.3, 0.4) is 0 Å². The number of nitrogen functional groups attached to an aromatic ring is 1. The predicted octanol–water partition coefficient (Wildman–Crippen LogP) is 1.05. The molecular weight excluding hydrogens is 218 g/mol. The van der Waals surface area contributed by atoms with E-state index >= 15 is 0 Å². The molecule has 0 saturated carbocycles. The summed E-state index contributed by atoms with van der Waals surface area (Å²) in [5.41, 5.74) is 5.13. The van der Waals surface area contributed by atoms with Gasteiger partial charge in [-0.1, -0.05) is 26.7 Å². The lowest BCUT2D eigenvalue weighted by molar-refractivity contribution is 0.394. The van der Waals surface area contributed by atoms with Crippen molar-refractivity contribution in [2.45, 2.75) is 46.7 Å². The van der Waals surface area contributed by atoms with Crippen LogP contribution < -0.4 is 17.0 Å². The molecule has 1 aromatic rings. The Balaban J connectivity index is 3.27. The summed E-state index contributed by atoms with van der Waals surface area (Å²) in [7, 11) is 0. The van der Waals surface area contributed by atoms with E-state index in [0.717, 1.165) is 12.8 Å². The Labute approximate surface area is 101 Å². The molecule has 17 heavy (non-hydrogen) atoms. The second kappa shape index (κ2) is 5.70. The second-order valence-corrected chi connectivity index (χ2v) is 4.25. The van der Waals surface area contributed by atoms with E-state index in [2.05, 4.69) is 13.8 Å². The first-order chi connectivity index (χ1) is 8.04. The third-order valence-electron chi connectivity index (χ3n) is 3.20. The third-order valence-corrected chi connectivity index (χ3v) is 3.20. The minimum atomic E-state index is -0.369. The molecule has 0 amide bonds. The van der Waals surface area contributed by atoms with Crippen molar-refractivity contribution < 1.29 is 0 Å². The molecule has 5 nitrogen and oxygen atoms in total. The minimum absolute atomic E-state index is 0.136. The Hall–Kier alpha value is -1.52. The van der Waals surface area contributed by atoms with Crippen molar-refractivity contribution in [3.63, 3.8) is 0 Å². The summed E-state index contributed by atoms with van der Waals surface area (Å²) in [5.74, 6) is 0.340. The van der Waals surface area contributed by atoms with Crippen LogP contribution in [-0.4, -0.2) is 9.13 Å². The zero-order valence-electron chi connectivity index (χ0n) is 10.8. The summed E-state index contributed by atoms with van der Waals surface area (Å²) in [6.07, 6.45) is 3.32. The van der Waals surface area contributed by atoms with Gasteiger partial charge in [0, 0.05) is 19.3 Å². The zero-order valence-corrected chi connectivity index (χ0v) is 10.8. The lowest BCUT2D eigenvalue weighted by Gasteiger charge is -2.15. The summed E-state index contributed by atoms with van der Waals surface area (Å²) in [4.78, 5) is 23.9. The van der Waals surface area contributed by atoms with Crippen LogP contribution in [0.25, 0.3) is 0 Å². The highest BCUT2D eigenvalue weighted by Crippen LogP contribution is 2.08. The van der Waals surface area contributed by atoms with Gasteiger partial charge >= 0.3 is 5.69 Å². The van der Waals surface area contributed by atoms with Crippen molar-refractivity contribution >= 4 is 5.69 Å². The fraction of sp³-hybridized carbons (Fsp3) is 0.667. The minimum Gasteiger partial charge on any atom is -0.393 e. The average molecular weight is 239 g/mol. The number of rotatable bonds is 5. The molecule has 0 fully saturated rings. The molecule has 0 saturated heterocycles. The maximum Gasteiger partial charge on any atom is 0.331 e. The van der Waals surface area contributed by atoms with Crippen molar-refractivity contribution in [3.05, 3.63) is 27.0 Å². The molecule has 2 N–H and O–H groups in total. The Morgan fingerprint density at radius 1 is 1.24 bits per heavy atom. The van der Waals surface area contributed by atoms with Gasteiger partial charge in [-0.25, -0.2) is 4.79 Å².